The summed E-state index contributed by atoms with van der Waals surface area (Å²) in [6.45, 7) is -0.976. The van der Waals surface area contributed by atoms with E-state index in [1.54, 1.807) is 25.4 Å². The van der Waals surface area contributed by atoms with Crippen molar-refractivity contribution in [3.63, 3.8) is 0 Å². The largest absolute Gasteiger partial charge is 0.344 e. The Morgan fingerprint density at radius 3 is 2.79 bits per heavy atom. The highest BCUT2D eigenvalue weighted by Gasteiger charge is 2.15. The van der Waals surface area contributed by atoms with Crippen LogP contribution in [0.25, 0.3) is 0 Å². The minimum absolute atomic E-state index is 0.0453. The van der Waals surface area contributed by atoms with Crippen LogP contribution in [0, 0.1) is 0 Å². The summed E-state index contributed by atoms with van der Waals surface area (Å²) in [5.74, 6) is -0.504. The fourth-order valence-corrected chi connectivity index (χ4v) is 1.55. The molecule has 0 aliphatic rings. The van der Waals surface area contributed by atoms with E-state index in [2.05, 4.69) is 15.4 Å². The van der Waals surface area contributed by atoms with Crippen molar-refractivity contribution in [1.82, 2.24) is 20.1 Å². The van der Waals surface area contributed by atoms with Crippen LogP contribution < -0.4 is 5.32 Å². The molecular formula is C12H12F2N4O. The van der Waals surface area contributed by atoms with Crippen LogP contribution in [-0.4, -0.2) is 20.7 Å². The zero-order chi connectivity index (χ0) is 13.8. The van der Waals surface area contributed by atoms with E-state index in [4.69, 9.17) is 0 Å². The lowest BCUT2D eigenvalue weighted by molar-refractivity contribution is 0.0559. The van der Waals surface area contributed by atoms with Crippen LogP contribution in [0.5, 0.6) is 0 Å². The molecule has 0 fully saturated rings. The maximum absolute atomic E-state index is 12.3. The van der Waals surface area contributed by atoms with Crippen molar-refractivity contribution in [3.05, 3.63) is 48.0 Å². The first-order valence-corrected chi connectivity index (χ1v) is 5.62. The molecule has 0 spiro atoms. The first-order valence-electron chi connectivity index (χ1n) is 5.62. The number of nitrogens with zero attached hydrogens (tertiary/aromatic N) is 3. The number of pyridine rings is 1. The zero-order valence-corrected chi connectivity index (χ0v) is 10.1. The highest BCUT2D eigenvalue weighted by atomic mass is 19.3. The quantitative estimate of drug-likeness (QED) is 0.922. The van der Waals surface area contributed by atoms with Gasteiger partial charge in [-0.05, 0) is 24.6 Å². The maximum atomic E-state index is 12.3. The molecular weight excluding hydrogens is 254 g/mol. The topological polar surface area (TPSA) is 59.8 Å². The van der Waals surface area contributed by atoms with Gasteiger partial charge in [0.05, 0.1) is 6.04 Å². The molecule has 7 heteroatoms. The van der Waals surface area contributed by atoms with E-state index in [-0.39, 0.29) is 11.7 Å². The second-order valence-electron chi connectivity index (χ2n) is 3.94. The minimum Gasteiger partial charge on any atom is -0.344 e. The molecule has 1 N–H and O–H groups in total. The number of carbonyl (C=O) groups excluding carboxylic acids is 1. The molecule has 0 aliphatic heterocycles. The number of halogens is 2. The number of rotatable bonds is 4. The van der Waals surface area contributed by atoms with Gasteiger partial charge < -0.3 is 5.32 Å². The molecule has 0 aromatic carbocycles. The van der Waals surface area contributed by atoms with E-state index in [0.29, 0.717) is 4.68 Å². The molecule has 2 heterocycles. The van der Waals surface area contributed by atoms with Gasteiger partial charge in [-0.3, -0.25) is 9.78 Å². The summed E-state index contributed by atoms with van der Waals surface area (Å²) in [5, 5.41) is 6.16. The third-order valence-electron chi connectivity index (χ3n) is 2.57. The van der Waals surface area contributed by atoms with Gasteiger partial charge in [-0.25, -0.2) is 4.68 Å². The molecule has 2 aromatic heterocycles. The second-order valence-corrected chi connectivity index (χ2v) is 3.94. The predicted molar refractivity (Wildman–Crippen MR) is 63.6 cm³/mol. The highest BCUT2D eigenvalue weighted by Crippen LogP contribution is 2.12. The Labute approximate surface area is 108 Å². The van der Waals surface area contributed by atoms with Crippen molar-refractivity contribution in [2.45, 2.75) is 19.5 Å². The van der Waals surface area contributed by atoms with Crippen LogP contribution in [0.15, 0.2) is 36.8 Å². The molecule has 0 unspecified atom stereocenters. The fourth-order valence-electron chi connectivity index (χ4n) is 1.55. The normalized spacial score (nSPS) is 12.4. The molecule has 5 nitrogen and oxygen atoms in total. The number of nitrogens with one attached hydrogen (secondary N) is 1. The maximum Gasteiger partial charge on any atom is 0.333 e. The average molecular weight is 266 g/mol. The van der Waals surface area contributed by atoms with Gasteiger partial charge >= 0.3 is 6.55 Å². The third-order valence-corrected chi connectivity index (χ3v) is 2.57. The van der Waals surface area contributed by atoms with Crippen molar-refractivity contribution >= 4 is 5.91 Å². The van der Waals surface area contributed by atoms with Crippen molar-refractivity contribution in [2.24, 2.45) is 0 Å². The van der Waals surface area contributed by atoms with Gasteiger partial charge in [-0.2, -0.15) is 13.9 Å². The fraction of sp³-hybridized carbons (Fsp3) is 0.250. The van der Waals surface area contributed by atoms with E-state index < -0.39 is 12.5 Å². The molecule has 0 bridgehead atoms. The lowest BCUT2D eigenvalue weighted by atomic mass is 10.1. The lowest BCUT2D eigenvalue weighted by Gasteiger charge is -2.12. The lowest BCUT2D eigenvalue weighted by Crippen LogP contribution is -2.27. The van der Waals surface area contributed by atoms with Crippen molar-refractivity contribution < 1.29 is 13.6 Å². The minimum atomic E-state index is -2.75. The average Bonchev–Trinajstić information content (AvgIpc) is 2.89. The van der Waals surface area contributed by atoms with Gasteiger partial charge in [-0.15, -0.1) is 0 Å². The standard InChI is InChI=1S/C12H12F2N4O/c1-8(9-3-2-5-15-7-9)16-11(19)10-4-6-18(17-10)12(13)14/h2-8,12H,1H3,(H,16,19)/t8-/m0/s1. The summed E-state index contributed by atoms with van der Waals surface area (Å²) in [5.41, 5.74) is 0.778. The van der Waals surface area contributed by atoms with Crippen LogP contribution in [0.4, 0.5) is 8.78 Å². The Kier molecular flexibility index (Phi) is 3.84. The molecule has 1 atom stereocenters. The van der Waals surface area contributed by atoms with Gasteiger partial charge in [0.15, 0.2) is 0 Å². The van der Waals surface area contributed by atoms with Gasteiger partial charge in [0.25, 0.3) is 5.91 Å². The molecule has 0 saturated carbocycles. The van der Waals surface area contributed by atoms with Crippen molar-refractivity contribution in [2.75, 3.05) is 0 Å². The predicted octanol–water partition coefficient (Wildman–Crippen LogP) is 2.16. The number of aromatic nitrogens is 3. The van der Waals surface area contributed by atoms with E-state index in [0.717, 1.165) is 11.8 Å². The number of carbonyl (C=O) groups is 1. The van der Waals surface area contributed by atoms with Crippen LogP contribution >= 0.6 is 0 Å². The smallest absolute Gasteiger partial charge is 0.333 e. The van der Waals surface area contributed by atoms with E-state index >= 15 is 0 Å². The molecule has 2 aromatic rings. The third kappa shape index (κ3) is 3.12. The number of hydrogen-bond donors (Lipinski definition) is 1. The molecule has 19 heavy (non-hydrogen) atoms. The Hall–Kier alpha value is -2.31. The van der Waals surface area contributed by atoms with Gasteiger partial charge in [-0.1, -0.05) is 6.07 Å². The number of alkyl halides is 2. The van der Waals surface area contributed by atoms with Gasteiger partial charge in [0.1, 0.15) is 5.69 Å². The van der Waals surface area contributed by atoms with Gasteiger partial charge in [0, 0.05) is 18.6 Å². The van der Waals surface area contributed by atoms with Gasteiger partial charge in [0.2, 0.25) is 0 Å². The van der Waals surface area contributed by atoms with Crippen molar-refractivity contribution in [1.29, 1.82) is 0 Å². The summed E-state index contributed by atoms with van der Waals surface area (Å²) < 4.78 is 25.1. The zero-order valence-electron chi connectivity index (χ0n) is 10.1. The summed E-state index contributed by atoms with van der Waals surface area (Å²) in [6, 6.07) is 4.54. The first-order chi connectivity index (χ1) is 9.08. The summed E-state index contributed by atoms with van der Waals surface area (Å²) in [4.78, 5) is 15.8. The highest BCUT2D eigenvalue weighted by molar-refractivity contribution is 5.92. The van der Waals surface area contributed by atoms with Crippen LogP contribution in [0.1, 0.15) is 35.6 Å². The van der Waals surface area contributed by atoms with Crippen LogP contribution in [0.3, 0.4) is 0 Å². The molecule has 2 rings (SSSR count). The van der Waals surface area contributed by atoms with Crippen LogP contribution in [-0.2, 0) is 0 Å². The van der Waals surface area contributed by atoms with Crippen molar-refractivity contribution in [3.8, 4) is 0 Å². The molecule has 100 valence electrons. The van der Waals surface area contributed by atoms with Crippen LogP contribution in [0.2, 0.25) is 0 Å². The number of hydrogen-bond acceptors (Lipinski definition) is 3. The van der Waals surface area contributed by atoms with E-state index in [1.807, 2.05) is 6.07 Å². The van der Waals surface area contributed by atoms with E-state index in [1.165, 1.54) is 6.07 Å². The second kappa shape index (κ2) is 5.55. The molecule has 0 saturated heterocycles. The summed E-state index contributed by atoms with van der Waals surface area (Å²) in [7, 11) is 0. The molecule has 1 amide bonds. The SMILES string of the molecule is C[C@H](NC(=O)c1ccn(C(F)F)n1)c1cccnc1. The van der Waals surface area contributed by atoms with E-state index in [9.17, 15) is 13.6 Å². The molecule has 0 radical (unpaired) electrons. The molecule has 0 aliphatic carbocycles. The Balaban J connectivity index is 2.04. The Morgan fingerprint density at radius 2 is 2.21 bits per heavy atom. The Morgan fingerprint density at radius 1 is 1.42 bits per heavy atom. The Bertz CT molecular complexity index is 556. The first kappa shape index (κ1) is 13.1. The monoisotopic (exact) mass is 266 g/mol. The number of amides is 1. The summed E-state index contributed by atoms with van der Waals surface area (Å²) in [6.07, 6.45) is 4.32. The summed E-state index contributed by atoms with van der Waals surface area (Å²) >= 11 is 0.